The van der Waals surface area contributed by atoms with E-state index < -0.39 is 5.91 Å². The Morgan fingerprint density at radius 3 is 2.93 bits per heavy atom. The van der Waals surface area contributed by atoms with Crippen molar-refractivity contribution in [1.82, 2.24) is 14.9 Å². The monoisotopic (exact) mass is 425 g/mol. The number of benzene rings is 1. The number of pyridine rings is 1. The first kappa shape index (κ1) is 20.2. The van der Waals surface area contributed by atoms with Gasteiger partial charge in [-0.2, -0.15) is 0 Å². The second-order valence-corrected chi connectivity index (χ2v) is 8.57. The predicted octanol–water partition coefficient (Wildman–Crippen LogP) is 2.79. The van der Waals surface area contributed by atoms with Crippen molar-refractivity contribution in [3.63, 3.8) is 0 Å². The Bertz CT molecular complexity index is 1100. The summed E-state index contributed by atoms with van der Waals surface area (Å²) in [6, 6.07) is 9.51. The summed E-state index contributed by atoms with van der Waals surface area (Å²) in [6.07, 6.45) is 2.64. The molecule has 30 heavy (non-hydrogen) atoms. The number of ether oxygens (including phenoxy) is 1. The van der Waals surface area contributed by atoms with Crippen LogP contribution in [-0.4, -0.2) is 45.4 Å². The molecule has 0 bridgehead atoms. The van der Waals surface area contributed by atoms with Crippen molar-refractivity contribution in [1.29, 1.82) is 0 Å². The lowest BCUT2D eigenvalue weighted by Crippen LogP contribution is -2.27. The summed E-state index contributed by atoms with van der Waals surface area (Å²) in [6.45, 7) is 5.12. The van der Waals surface area contributed by atoms with Crippen LogP contribution in [0.4, 0.5) is 5.13 Å². The van der Waals surface area contributed by atoms with E-state index >= 15 is 0 Å². The average Bonchev–Trinajstić information content (AvgIpc) is 3.27. The van der Waals surface area contributed by atoms with Gasteiger partial charge in [-0.15, -0.1) is 11.3 Å². The highest BCUT2D eigenvalue weighted by molar-refractivity contribution is 7.15. The van der Waals surface area contributed by atoms with Gasteiger partial charge < -0.3 is 15.8 Å². The number of amides is 2. The van der Waals surface area contributed by atoms with Crippen LogP contribution in [0, 0.1) is 0 Å². The molecule has 0 spiro atoms. The molecule has 0 unspecified atom stereocenters. The van der Waals surface area contributed by atoms with Crippen LogP contribution in [0.1, 0.15) is 35.6 Å². The molecule has 156 valence electrons. The van der Waals surface area contributed by atoms with E-state index in [1.54, 1.807) is 12.3 Å². The molecule has 2 atom stereocenters. The number of thiazole rings is 1. The summed E-state index contributed by atoms with van der Waals surface area (Å²) < 4.78 is 6.32. The van der Waals surface area contributed by atoms with Crippen LogP contribution in [0.2, 0.25) is 0 Å². The van der Waals surface area contributed by atoms with E-state index in [1.807, 2.05) is 24.3 Å². The van der Waals surface area contributed by atoms with Gasteiger partial charge in [0.2, 0.25) is 5.91 Å². The van der Waals surface area contributed by atoms with Gasteiger partial charge in [-0.05, 0) is 19.1 Å². The minimum absolute atomic E-state index is 0.0192. The third-order valence-corrected chi connectivity index (χ3v) is 5.98. The number of carbonyl (C=O) groups is 2. The number of rotatable bonds is 6. The van der Waals surface area contributed by atoms with Crippen molar-refractivity contribution in [3.8, 4) is 5.75 Å². The molecule has 2 aromatic heterocycles. The van der Waals surface area contributed by atoms with Crippen molar-refractivity contribution in [3.05, 3.63) is 47.1 Å². The number of hydrogen-bond acceptors (Lipinski definition) is 7. The fraction of sp³-hybridized carbons (Fsp3) is 0.333. The molecule has 8 nitrogen and oxygen atoms in total. The maximum atomic E-state index is 11.7. The molecule has 9 heteroatoms. The topological polar surface area (TPSA) is 110 Å². The maximum absolute atomic E-state index is 11.7. The van der Waals surface area contributed by atoms with Crippen molar-refractivity contribution < 1.29 is 14.3 Å². The Balaban J connectivity index is 1.48. The van der Waals surface area contributed by atoms with E-state index in [4.69, 9.17) is 10.5 Å². The largest absolute Gasteiger partial charge is 0.488 e. The highest BCUT2D eigenvalue weighted by Gasteiger charge is 2.31. The van der Waals surface area contributed by atoms with Crippen molar-refractivity contribution >= 4 is 39.2 Å². The van der Waals surface area contributed by atoms with Gasteiger partial charge in [-0.3, -0.25) is 14.5 Å². The number of primary amides is 1. The Hall–Kier alpha value is -3.04. The number of nitrogens with zero attached hydrogens (tertiary/aromatic N) is 3. The highest BCUT2D eigenvalue weighted by Crippen LogP contribution is 2.31. The molecule has 1 aliphatic rings. The van der Waals surface area contributed by atoms with Crippen molar-refractivity contribution in [2.45, 2.75) is 39.0 Å². The predicted molar refractivity (Wildman–Crippen MR) is 116 cm³/mol. The van der Waals surface area contributed by atoms with Gasteiger partial charge in [0.1, 0.15) is 17.5 Å². The molecule has 1 fully saturated rings. The normalized spacial score (nSPS) is 19.1. The molecule has 1 aromatic carbocycles. The molecule has 3 N–H and O–H groups in total. The lowest BCUT2D eigenvalue weighted by molar-refractivity contribution is -0.114. The lowest BCUT2D eigenvalue weighted by Gasteiger charge is -2.19. The van der Waals surface area contributed by atoms with E-state index in [0.717, 1.165) is 29.8 Å². The van der Waals surface area contributed by atoms with E-state index in [2.05, 4.69) is 27.1 Å². The number of likely N-dealkylation sites (tertiary alicyclic amines) is 1. The number of para-hydroxylation sites is 1. The van der Waals surface area contributed by atoms with E-state index in [0.29, 0.717) is 22.4 Å². The van der Waals surface area contributed by atoms with E-state index in [9.17, 15) is 9.59 Å². The number of hydrogen-bond donors (Lipinski definition) is 2. The smallest absolute Gasteiger partial charge is 0.267 e. The summed E-state index contributed by atoms with van der Waals surface area (Å²) in [5.41, 5.74) is 6.33. The average molecular weight is 426 g/mol. The molecule has 1 aliphatic heterocycles. The third-order valence-electron chi connectivity index (χ3n) is 5.09. The van der Waals surface area contributed by atoms with Gasteiger partial charge >= 0.3 is 0 Å². The van der Waals surface area contributed by atoms with Crippen LogP contribution in [0.25, 0.3) is 10.9 Å². The van der Waals surface area contributed by atoms with Gasteiger partial charge in [0.05, 0.1) is 5.52 Å². The zero-order valence-electron chi connectivity index (χ0n) is 16.8. The molecule has 3 heterocycles. The lowest BCUT2D eigenvalue weighted by atomic mass is 10.1. The van der Waals surface area contributed by atoms with Gasteiger partial charge in [0, 0.05) is 55.0 Å². The van der Waals surface area contributed by atoms with Crippen molar-refractivity contribution in [2.24, 2.45) is 5.73 Å². The molecular weight excluding hydrogens is 402 g/mol. The van der Waals surface area contributed by atoms with Crippen molar-refractivity contribution in [2.75, 3.05) is 11.9 Å². The molecule has 0 aliphatic carbocycles. The van der Waals surface area contributed by atoms with Crippen LogP contribution in [0.3, 0.4) is 0 Å². The van der Waals surface area contributed by atoms with Crippen LogP contribution in [0.5, 0.6) is 5.75 Å². The molecule has 3 aromatic rings. The molecule has 0 saturated carbocycles. The van der Waals surface area contributed by atoms with E-state index in [1.165, 1.54) is 18.3 Å². The van der Waals surface area contributed by atoms with Crippen LogP contribution >= 0.6 is 11.3 Å². The van der Waals surface area contributed by atoms with Crippen LogP contribution < -0.4 is 15.8 Å². The first-order valence-electron chi connectivity index (χ1n) is 9.71. The zero-order valence-corrected chi connectivity index (χ0v) is 17.6. The fourth-order valence-electron chi connectivity index (χ4n) is 3.69. The Morgan fingerprint density at radius 1 is 1.37 bits per heavy atom. The summed E-state index contributed by atoms with van der Waals surface area (Å²) in [4.78, 5) is 34.8. The zero-order chi connectivity index (χ0) is 21.3. The molecule has 0 radical (unpaired) electrons. The Labute approximate surface area is 178 Å². The first-order valence-corrected chi connectivity index (χ1v) is 10.5. The molecule has 1 saturated heterocycles. The summed E-state index contributed by atoms with van der Waals surface area (Å²) in [5.74, 6) is -0.0785. The van der Waals surface area contributed by atoms with Gasteiger partial charge in [0.25, 0.3) is 5.91 Å². The number of anilines is 1. The first-order chi connectivity index (χ1) is 14.4. The second-order valence-electron chi connectivity index (χ2n) is 7.45. The Morgan fingerprint density at radius 2 is 2.17 bits per heavy atom. The highest BCUT2D eigenvalue weighted by atomic mass is 32.1. The van der Waals surface area contributed by atoms with Crippen LogP contribution in [0.15, 0.2) is 36.5 Å². The quantitative estimate of drug-likeness (QED) is 0.628. The van der Waals surface area contributed by atoms with Crippen LogP contribution in [-0.2, 0) is 11.3 Å². The summed E-state index contributed by atoms with van der Waals surface area (Å²) in [7, 11) is 0. The van der Waals surface area contributed by atoms with Gasteiger partial charge in [-0.1, -0.05) is 12.1 Å². The standard InChI is InChI=1S/C21H23N5O3S/c1-12-7-14(10-26(12)11-15-9-23-21(30-15)24-13(2)27)29-19-8-18(20(22)28)25-17-6-4-3-5-16(17)19/h3-6,8-9,12,14H,7,10-11H2,1-2H3,(H2,22,28)(H,23,24,27)/t12-,14+/m0/s1. The van der Waals surface area contributed by atoms with E-state index in [-0.39, 0.29) is 17.7 Å². The minimum atomic E-state index is -0.577. The number of nitrogens with two attached hydrogens (primary N) is 1. The number of aromatic nitrogens is 2. The summed E-state index contributed by atoms with van der Waals surface area (Å²) >= 11 is 1.48. The van der Waals surface area contributed by atoms with Gasteiger partial charge in [-0.25, -0.2) is 9.97 Å². The SMILES string of the molecule is CC(=O)Nc1ncc(CN2C[C@H](Oc3cc(C(N)=O)nc4ccccc34)C[C@@H]2C)s1. The number of fused-ring (bicyclic) bond motifs is 1. The number of nitrogens with one attached hydrogen (secondary N) is 1. The summed E-state index contributed by atoms with van der Waals surface area (Å²) in [5, 5.41) is 4.18. The maximum Gasteiger partial charge on any atom is 0.267 e. The molecule has 4 rings (SSSR count). The third kappa shape index (κ3) is 4.42. The van der Waals surface area contributed by atoms with Gasteiger partial charge in [0.15, 0.2) is 5.13 Å². The molecule has 2 amide bonds. The number of carbonyl (C=O) groups excluding carboxylic acids is 2. The minimum Gasteiger partial charge on any atom is -0.488 e. The molecular formula is C21H23N5O3S. The second kappa shape index (κ2) is 8.37. The Kier molecular flexibility index (Phi) is 5.65. The fourth-order valence-corrected chi connectivity index (χ4v) is 4.57.